The van der Waals surface area contributed by atoms with E-state index in [1.165, 1.54) is 0 Å². The molecule has 0 bridgehead atoms. The van der Waals surface area contributed by atoms with Crippen LogP contribution in [0.3, 0.4) is 0 Å². The highest BCUT2D eigenvalue weighted by atomic mass is 31.2. The van der Waals surface area contributed by atoms with Crippen molar-refractivity contribution in [2.45, 2.75) is 6.42 Å². The van der Waals surface area contributed by atoms with Gasteiger partial charge in [0.05, 0.1) is 6.61 Å². The van der Waals surface area contributed by atoms with Crippen LogP contribution in [0.15, 0.2) is 11.4 Å². The maximum Gasteiger partial charge on any atom is 0.223 e. The standard InChI is InChI=1S/C7H9O2P/c1-3-7-4-5-9-10(2,8)6-7/h1,6H,4-5H2,2H3. The Kier molecular flexibility index (Phi) is 1.99. The predicted octanol–water partition coefficient (Wildman–Crippen LogP) is 1.83. The minimum absolute atomic E-state index is 0.490. The Morgan fingerprint density at radius 3 is 3.00 bits per heavy atom. The average Bonchev–Trinajstić information content (AvgIpc) is 1.86. The molecule has 0 radical (unpaired) electrons. The summed E-state index contributed by atoms with van der Waals surface area (Å²) in [4.78, 5) is 0. The van der Waals surface area contributed by atoms with Crippen molar-refractivity contribution in [1.29, 1.82) is 0 Å². The summed E-state index contributed by atoms with van der Waals surface area (Å²) < 4.78 is 16.2. The van der Waals surface area contributed by atoms with E-state index in [1.807, 2.05) is 0 Å². The Balaban J connectivity index is 2.89. The lowest BCUT2D eigenvalue weighted by Crippen LogP contribution is -1.98. The minimum atomic E-state index is -2.46. The fraction of sp³-hybridized carbons (Fsp3) is 0.429. The van der Waals surface area contributed by atoms with Crippen LogP contribution < -0.4 is 0 Å². The predicted molar refractivity (Wildman–Crippen MR) is 41.0 cm³/mol. The molecule has 0 amide bonds. The third-order valence-electron chi connectivity index (χ3n) is 1.29. The van der Waals surface area contributed by atoms with Gasteiger partial charge in [0.15, 0.2) is 0 Å². The van der Waals surface area contributed by atoms with Gasteiger partial charge in [-0.25, -0.2) is 0 Å². The third-order valence-corrected chi connectivity index (χ3v) is 2.77. The highest BCUT2D eigenvalue weighted by Crippen LogP contribution is 2.48. The van der Waals surface area contributed by atoms with Gasteiger partial charge in [-0.15, -0.1) is 6.42 Å². The van der Waals surface area contributed by atoms with Crippen molar-refractivity contribution in [2.75, 3.05) is 13.3 Å². The second kappa shape index (κ2) is 2.62. The first-order valence-electron chi connectivity index (χ1n) is 3.04. The van der Waals surface area contributed by atoms with Crippen molar-refractivity contribution in [3.63, 3.8) is 0 Å². The van der Waals surface area contributed by atoms with Gasteiger partial charge in [-0.3, -0.25) is 4.57 Å². The van der Waals surface area contributed by atoms with E-state index >= 15 is 0 Å². The molecule has 1 aliphatic rings. The van der Waals surface area contributed by atoms with Crippen molar-refractivity contribution in [2.24, 2.45) is 0 Å². The van der Waals surface area contributed by atoms with Gasteiger partial charge in [-0.1, -0.05) is 5.92 Å². The van der Waals surface area contributed by atoms with Gasteiger partial charge in [0, 0.05) is 24.5 Å². The first-order chi connectivity index (χ1) is 4.64. The summed E-state index contributed by atoms with van der Waals surface area (Å²) >= 11 is 0. The number of terminal acetylenes is 1. The molecule has 0 aromatic rings. The topological polar surface area (TPSA) is 26.3 Å². The first-order valence-corrected chi connectivity index (χ1v) is 5.18. The van der Waals surface area contributed by atoms with Gasteiger partial charge in [-0.05, 0) is 0 Å². The quantitative estimate of drug-likeness (QED) is 0.395. The molecule has 0 N–H and O–H groups in total. The lowest BCUT2D eigenvalue weighted by Gasteiger charge is -2.15. The van der Waals surface area contributed by atoms with Crippen molar-refractivity contribution in [3.8, 4) is 12.3 Å². The Bertz CT molecular complexity index is 247. The summed E-state index contributed by atoms with van der Waals surface area (Å²) in [6, 6.07) is 0. The molecule has 0 fully saturated rings. The van der Waals surface area contributed by atoms with Crippen molar-refractivity contribution in [1.82, 2.24) is 0 Å². The fourth-order valence-electron chi connectivity index (χ4n) is 0.831. The van der Waals surface area contributed by atoms with Gasteiger partial charge < -0.3 is 4.52 Å². The number of rotatable bonds is 0. The van der Waals surface area contributed by atoms with Crippen LogP contribution in [0.2, 0.25) is 0 Å². The summed E-state index contributed by atoms with van der Waals surface area (Å²) in [6.07, 6.45) is 5.85. The highest BCUT2D eigenvalue weighted by molar-refractivity contribution is 7.61. The molecule has 1 unspecified atom stereocenters. The van der Waals surface area contributed by atoms with Crippen LogP contribution in [-0.4, -0.2) is 13.3 Å². The Morgan fingerprint density at radius 1 is 1.90 bits per heavy atom. The SMILES string of the molecule is C#CC1=CP(C)(=O)OCC1. The lowest BCUT2D eigenvalue weighted by molar-refractivity contribution is 0.321. The van der Waals surface area contributed by atoms with Crippen molar-refractivity contribution >= 4 is 7.37 Å². The molecule has 0 aromatic heterocycles. The highest BCUT2D eigenvalue weighted by Gasteiger charge is 2.17. The monoisotopic (exact) mass is 156 g/mol. The molecule has 0 spiro atoms. The first kappa shape index (κ1) is 7.60. The molecule has 1 heterocycles. The summed E-state index contributed by atoms with van der Waals surface area (Å²) in [5.41, 5.74) is 0.803. The normalized spacial score (nSPS) is 32.6. The molecule has 1 rings (SSSR count). The molecular weight excluding hydrogens is 147 g/mol. The molecule has 10 heavy (non-hydrogen) atoms. The van der Waals surface area contributed by atoms with Crippen LogP contribution in [0.25, 0.3) is 0 Å². The molecular formula is C7H9O2P. The van der Waals surface area contributed by atoms with E-state index < -0.39 is 7.37 Å². The van der Waals surface area contributed by atoms with E-state index in [4.69, 9.17) is 10.9 Å². The van der Waals surface area contributed by atoms with Gasteiger partial charge >= 0.3 is 0 Å². The van der Waals surface area contributed by atoms with E-state index in [-0.39, 0.29) is 0 Å². The zero-order valence-corrected chi connectivity index (χ0v) is 6.73. The minimum Gasteiger partial charge on any atom is -0.325 e. The molecule has 0 aliphatic carbocycles. The van der Waals surface area contributed by atoms with Crippen LogP contribution >= 0.6 is 7.37 Å². The summed E-state index contributed by atoms with van der Waals surface area (Å²) in [7, 11) is -2.46. The van der Waals surface area contributed by atoms with Gasteiger partial charge in [0.25, 0.3) is 0 Å². The molecule has 0 saturated heterocycles. The maximum atomic E-state index is 11.2. The Hall–Kier alpha value is -0.510. The molecule has 54 valence electrons. The van der Waals surface area contributed by atoms with Crippen molar-refractivity contribution < 1.29 is 9.09 Å². The summed E-state index contributed by atoms with van der Waals surface area (Å²) in [6.45, 7) is 2.06. The third kappa shape index (κ3) is 1.73. The van der Waals surface area contributed by atoms with Gasteiger partial charge in [0.2, 0.25) is 7.37 Å². The summed E-state index contributed by atoms with van der Waals surface area (Å²) in [5.74, 6) is 4.03. The van der Waals surface area contributed by atoms with Crippen LogP contribution in [-0.2, 0) is 9.09 Å². The molecule has 3 heteroatoms. The maximum absolute atomic E-state index is 11.2. The van der Waals surface area contributed by atoms with Crippen LogP contribution in [0.5, 0.6) is 0 Å². The van der Waals surface area contributed by atoms with Crippen LogP contribution in [0, 0.1) is 12.3 Å². The van der Waals surface area contributed by atoms with E-state index in [9.17, 15) is 4.57 Å². The van der Waals surface area contributed by atoms with E-state index in [2.05, 4.69) is 5.92 Å². The molecule has 0 aromatic carbocycles. The second-order valence-corrected chi connectivity index (χ2v) is 4.62. The van der Waals surface area contributed by atoms with Crippen molar-refractivity contribution in [3.05, 3.63) is 11.4 Å². The molecule has 1 atom stereocenters. The average molecular weight is 156 g/mol. The van der Waals surface area contributed by atoms with Gasteiger partial charge in [0.1, 0.15) is 0 Å². The lowest BCUT2D eigenvalue weighted by atomic mass is 10.2. The molecule has 0 saturated carbocycles. The second-order valence-electron chi connectivity index (χ2n) is 2.29. The zero-order chi connectivity index (χ0) is 7.61. The zero-order valence-electron chi connectivity index (χ0n) is 5.83. The summed E-state index contributed by atoms with van der Waals surface area (Å²) in [5, 5.41) is 0. The fourth-order valence-corrected chi connectivity index (χ4v) is 2.13. The molecule has 1 aliphatic heterocycles. The van der Waals surface area contributed by atoms with Crippen LogP contribution in [0.1, 0.15) is 6.42 Å². The smallest absolute Gasteiger partial charge is 0.223 e. The Labute approximate surface area is 60.7 Å². The molecule has 2 nitrogen and oxygen atoms in total. The van der Waals surface area contributed by atoms with E-state index in [0.29, 0.717) is 13.0 Å². The van der Waals surface area contributed by atoms with E-state index in [1.54, 1.807) is 12.5 Å². The van der Waals surface area contributed by atoms with Crippen LogP contribution in [0.4, 0.5) is 0 Å². The number of hydrogen-bond acceptors (Lipinski definition) is 2. The van der Waals surface area contributed by atoms with E-state index in [0.717, 1.165) is 5.57 Å². The van der Waals surface area contributed by atoms with Gasteiger partial charge in [-0.2, -0.15) is 0 Å². The largest absolute Gasteiger partial charge is 0.325 e. The number of hydrogen-bond donors (Lipinski definition) is 0. The Morgan fingerprint density at radius 2 is 2.60 bits per heavy atom.